The van der Waals surface area contributed by atoms with Crippen molar-refractivity contribution < 1.29 is 9.59 Å². The third kappa shape index (κ3) is 6.74. The number of nitrogens with one attached hydrogen (secondary N) is 2. The van der Waals surface area contributed by atoms with Gasteiger partial charge in [0.05, 0.1) is 11.4 Å². The summed E-state index contributed by atoms with van der Waals surface area (Å²) in [5.74, 6) is 0.326. The zero-order valence-electron chi connectivity index (χ0n) is 22.4. The maximum atomic E-state index is 13.2. The largest absolute Gasteiger partial charge is 0.322 e. The molecule has 7 heteroatoms. The number of nitrogens with zero attached hydrogens (tertiary/aromatic N) is 3. The highest BCUT2D eigenvalue weighted by Gasteiger charge is 2.23. The third-order valence-corrected chi connectivity index (χ3v) is 6.13. The van der Waals surface area contributed by atoms with E-state index in [2.05, 4.69) is 45.3 Å². The first-order valence-corrected chi connectivity index (χ1v) is 12.7. The Balaban J connectivity index is 1.83. The number of urea groups is 1. The van der Waals surface area contributed by atoms with Crippen molar-refractivity contribution in [2.24, 2.45) is 0 Å². The normalized spacial score (nSPS) is 11.3. The summed E-state index contributed by atoms with van der Waals surface area (Å²) in [5.41, 5.74) is 4.47. The van der Waals surface area contributed by atoms with Gasteiger partial charge in [-0.05, 0) is 43.0 Å². The predicted molar refractivity (Wildman–Crippen MR) is 147 cm³/mol. The first kappa shape index (κ1) is 27.0. The van der Waals surface area contributed by atoms with Crippen molar-refractivity contribution in [3.8, 4) is 5.69 Å². The molecule has 1 aromatic heterocycles. The molecule has 0 aliphatic carbocycles. The average Bonchev–Trinajstić information content (AvgIpc) is 3.26. The molecule has 0 bridgehead atoms. The van der Waals surface area contributed by atoms with E-state index in [4.69, 9.17) is 5.10 Å². The second-order valence-electron chi connectivity index (χ2n) is 10.1. The number of hydrogen-bond donors (Lipinski definition) is 2. The van der Waals surface area contributed by atoms with Gasteiger partial charge in [0.2, 0.25) is 5.91 Å². The van der Waals surface area contributed by atoms with Crippen LogP contribution < -0.4 is 10.6 Å². The molecule has 7 nitrogen and oxygen atoms in total. The van der Waals surface area contributed by atoms with Gasteiger partial charge < -0.3 is 15.5 Å². The topological polar surface area (TPSA) is 79.3 Å². The average molecular weight is 490 g/mol. The number of anilines is 2. The van der Waals surface area contributed by atoms with Gasteiger partial charge in [0.25, 0.3) is 0 Å². The summed E-state index contributed by atoms with van der Waals surface area (Å²) in [6.07, 6.45) is 2.54. The maximum Gasteiger partial charge on any atom is 0.322 e. The van der Waals surface area contributed by atoms with E-state index in [9.17, 15) is 9.59 Å². The van der Waals surface area contributed by atoms with Gasteiger partial charge in [-0.25, -0.2) is 9.48 Å². The summed E-state index contributed by atoms with van der Waals surface area (Å²) in [7, 11) is 0. The van der Waals surface area contributed by atoms with Crippen LogP contribution in [0, 0.1) is 6.92 Å². The van der Waals surface area contributed by atoms with Crippen LogP contribution in [-0.4, -0.2) is 39.7 Å². The number of amides is 3. The van der Waals surface area contributed by atoms with Gasteiger partial charge in [0.1, 0.15) is 12.4 Å². The van der Waals surface area contributed by atoms with Crippen molar-refractivity contribution in [1.29, 1.82) is 0 Å². The molecule has 2 N–H and O–H groups in total. The van der Waals surface area contributed by atoms with Crippen LogP contribution in [0.25, 0.3) is 5.69 Å². The molecule has 36 heavy (non-hydrogen) atoms. The molecule has 0 aliphatic heterocycles. The third-order valence-electron chi connectivity index (χ3n) is 6.13. The molecule has 0 fully saturated rings. The molecule has 0 saturated heterocycles. The Hall–Kier alpha value is -3.61. The quantitative estimate of drug-likeness (QED) is 0.369. The van der Waals surface area contributed by atoms with E-state index in [1.54, 1.807) is 9.58 Å². The maximum absolute atomic E-state index is 13.2. The highest BCUT2D eigenvalue weighted by molar-refractivity contribution is 5.97. The number of aryl methyl sites for hydroxylation is 2. The van der Waals surface area contributed by atoms with E-state index >= 15 is 0 Å². The van der Waals surface area contributed by atoms with Gasteiger partial charge in [-0.3, -0.25) is 4.79 Å². The lowest BCUT2D eigenvalue weighted by molar-refractivity contribution is -0.116. The minimum Gasteiger partial charge on any atom is -0.315 e. The van der Waals surface area contributed by atoms with E-state index in [1.807, 2.05) is 61.5 Å². The summed E-state index contributed by atoms with van der Waals surface area (Å²) >= 11 is 0. The first-order valence-electron chi connectivity index (χ1n) is 12.7. The molecule has 1 heterocycles. The van der Waals surface area contributed by atoms with E-state index in [0.29, 0.717) is 12.4 Å². The smallest absolute Gasteiger partial charge is 0.315 e. The predicted octanol–water partition coefficient (Wildman–Crippen LogP) is 6.31. The Morgan fingerprint density at radius 1 is 1.00 bits per heavy atom. The summed E-state index contributed by atoms with van der Waals surface area (Å²) in [5, 5.41) is 10.8. The van der Waals surface area contributed by atoms with Crippen LogP contribution in [0.1, 0.15) is 64.3 Å². The fraction of sp³-hybridized carbons (Fsp3) is 0.414. The van der Waals surface area contributed by atoms with Gasteiger partial charge in [-0.2, -0.15) is 5.10 Å². The molecule has 0 spiro atoms. The molecule has 0 aliphatic rings. The minimum atomic E-state index is -0.276. The van der Waals surface area contributed by atoms with Crippen molar-refractivity contribution in [2.45, 2.75) is 66.2 Å². The second kappa shape index (κ2) is 11.9. The van der Waals surface area contributed by atoms with Crippen LogP contribution in [0.15, 0.2) is 54.6 Å². The zero-order valence-corrected chi connectivity index (χ0v) is 22.4. The van der Waals surface area contributed by atoms with Gasteiger partial charge >= 0.3 is 6.03 Å². The Bertz CT molecular complexity index is 1190. The standard InChI is InChI=1S/C29H39N5O2/c1-7-9-18-33(28(36)30-23-16-12-11-15-22(23)8-2)20-27(35)31-26-19-25(29(4,5)6)32-34(26)24-17-13-10-14-21(24)3/h10-17,19H,7-9,18,20H2,1-6H3,(H,30,36)(H,31,35). The zero-order chi connectivity index (χ0) is 26.3. The van der Waals surface area contributed by atoms with E-state index < -0.39 is 0 Å². The minimum absolute atomic E-state index is 0.0517. The van der Waals surface area contributed by atoms with Crippen molar-refractivity contribution in [1.82, 2.24) is 14.7 Å². The second-order valence-corrected chi connectivity index (χ2v) is 10.1. The summed E-state index contributed by atoms with van der Waals surface area (Å²) in [4.78, 5) is 28.0. The van der Waals surface area contributed by atoms with E-state index in [-0.39, 0.29) is 23.9 Å². The van der Waals surface area contributed by atoms with Crippen molar-refractivity contribution >= 4 is 23.4 Å². The molecule has 0 saturated carbocycles. The number of carbonyl (C=O) groups is 2. The number of rotatable bonds is 9. The fourth-order valence-electron chi connectivity index (χ4n) is 3.92. The van der Waals surface area contributed by atoms with Crippen LogP contribution in [0.2, 0.25) is 0 Å². The lowest BCUT2D eigenvalue weighted by Crippen LogP contribution is -2.41. The SMILES string of the molecule is CCCCN(CC(=O)Nc1cc(C(C)(C)C)nn1-c1ccccc1C)C(=O)Nc1ccccc1CC. The molecular formula is C29H39N5O2. The molecule has 0 radical (unpaired) electrons. The van der Waals surface area contributed by atoms with Gasteiger partial charge in [-0.1, -0.05) is 77.4 Å². The van der Waals surface area contributed by atoms with Crippen molar-refractivity contribution in [2.75, 3.05) is 23.7 Å². The number of aromatic nitrogens is 2. The van der Waals surface area contributed by atoms with Crippen LogP contribution in [0.3, 0.4) is 0 Å². The van der Waals surface area contributed by atoms with Gasteiger partial charge in [-0.15, -0.1) is 0 Å². The van der Waals surface area contributed by atoms with Gasteiger partial charge in [0.15, 0.2) is 0 Å². The number of unbranched alkanes of at least 4 members (excludes halogenated alkanes) is 1. The lowest BCUT2D eigenvalue weighted by Gasteiger charge is -2.23. The highest BCUT2D eigenvalue weighted by Crippen LogP contribution is 2.27. The van der Waals surface area contributed by atoms with Crippen LogP contribution in [-0.2, 0) is 16.6 Å². The van der Waals surface area contributed by atoms with Crippen molar-refractivity contribution in [3.05, 3.63) is 71.4 Å². The number of benzene rings is 2. The van der Waals surface area contributed by atoms with Crippen LogP contribution in [0.5, 0.6) is 0 Å². The van der Waals surface area contributed by atoms with Crippen LogP contribution in [0.4, 0.5) is 16.3 Å². The Morgan fingerprint density at radius 3 is 2.36 bits per heavy atom. The molecular weight excluding hydrogens is 450 g/mol. The molecule has 0 atom stereocenters. The summed E-state index contributed by atoms with van der Waals surface area (Å²) in [6, 6.07) is 17.3. The highest BCUT2D eigenvalue weighted by atomic mass is 16.2. The lowest BCUT2D eigenvalue weighted by atomic mass is 9.92. The Morgan fingerprint density at radius 2 is 1.69 bits per heavy atom. The molecule has 3 rings (SSSR count). The summed E-state index contributed by atoms with van der Waals surface area (Å²) in [6.45, 7) is 12.9. The summed E-state index contributed by atoms with van der Waals surface area (Å²) < 4.78 is 1.78. The molecule has 3 amide bonds. The first-order chi connectivity index (χ1) is 17.1. The Kier molecular flexibility index (Phi) is 8.91. The molecule has 0 unspecified atom stereocenters. The van der Waals surface area contributed by atoms with Gasteiger partial charge in [0, 0.05) is 23.7 Å². The number of carbonyl (C=O) groups excluding carboxylic acids is 2. The van der Waals surface area contributed by atoms with Crippen LogP contribution >= 0.6 is 0 Å². The molecule has 2 aromatic carbocycles. The Labute approximate surface area is 214 Å². The fourth-order valence-corrected chi connectivity index (χ4v) is 3.92. The molecule has 192 valence electrons. The number of para-hydroxylation sites is 2. The molecule has 3 aromatic rings. The van der Waals surface area contributed by atoms with Crippen molar-refractivity contribution in [3.63, 3.8) is 0 Å². The van der Waals surface area contributed by atoms with E-state index in [1.165, 1.54) is 0 Å². The monoisotopic (exact) mass is 489 g/mol. The van der Waals surface area contributed by atoms with E-state index in [0.717, 1.165) is 47.5 Å². The number of hydrogen-bond acceptors (Lipinski definition) is 3.